The van der Waals surface area contributed by atoms with Gasteiger partial charge in [0.1, 0.15) is 0 Å². The fourth-order valence-corrected chi connectivity index (χ4v) is 7.81. The molecule has 3 saturated heterocycles. The molecule has 5 atom stereocenters. The Balaban J connectivity index is 1.64. The van der Waals surface area contributed by atoms with E-state index in [0.29, 0.717) is 11.8 Å². The van der Waals surface area contributed by atoms with Crippen molar-refractivity contribution in [1.29, 1.82) is 0 Å². The van der Waals surface area contributed by atoms with Gasteiger partial charge in [-0.1, -0.05) is 0 Å². The van der Waals surface area contributed by atoms with Gasteiger partial charge in [-0.05, 0) is 0 Å². The van der Waals surface area contributed by atoms with E-state index in [0.717, 1.165) is 42.4 Å². The van der Waals surface area contributed by atoms with Gasteiger partial charge in [0.05, 0.1) is 0 Å². The van der Waals surface area contributed by atoms with Crippen molar-refractivity contribution >= 4 is 43.0 Å². The molecule has 1 aromatic heterocycles. The number of aromatic nitrogens is 1. The second kappa shape index (κ2) is 8.97. The molecule has 0 spiro atoms. The molecule has 3 aliphatic rings. The molecule has 31 heavy (non-hydrogen) atoms. The van der Waals surface area contributed by atoms with Gasteiger partial charge in [0.15, 0.2) is 0 Å². The minimum atomic E-state index is -5.66. The van der Waals surface area contributed by atoms with Crippen molar-refractivity contribution in [3.63, 3.8) is 0 Å². The van der Waals surface area contributed by atoms with Gasteiger partial charge < -0.3 is 0 Å². The number of fused-ring (bicyclic) bond motifs is 4. The summed E-state index contributed by atoms with van der Waals surface area (Å²) in [5.41, 5.74) is -3.93. The molecule has 1 unspecified atom stereocenters. The van der Waals surface area contributed by atoms with E-state index in [4.69, 9.17) is 3.07 Å². The number of rotatable bonds is 7. The topological polar surface area (TPSA) is 68.7 Å². The van der Waals surface area contributed by atoms with Crippen molar-refractivity contribution in [2.75, 3.05) is 13.1 Å². The van der Waals surface area contributed by atoms with E-state index < -0.39 is 43.7 Å². The maximum absolute atomic E-state index is 12.7. The summed E-state index contributed by atoms with van der Waals surface area (Å²) in [6, 6.07) is 9.15. The van der Waals surface area contributed by atoms with E-state index in [1.165, 1.54) is 0 Å². The molecule has 3 aliphatic heterocycles. The number of hydrogen-bond donors (Lipinski definition) is 0. The van der Waals surface area contributed by atoms with Gasteiger partial charge in [0.25, 0.3) is 0 Å². The molecule has 3 fully saturated rings. The van der Waals surface area contributed by atoms with E-state index in [9.17, 15) is 21.6 Å². The number of nitrogens with zero attached hydrogens (tertiary/aromatic N) is 2. The molecule has 2 radical (unpaired) electrons. The van der Waals surface area contributed by atoms with Crippen molar-refractivity contribution < 1.29 is 27.2 Å². The van der Waals surface area contributed by atoms with Gasteiger partial charge in [0, 0.05) is 0 Å². The number of para-hydroxylation sites is 1. The van der Waals surface area contributed by atoms with Crippen LogP contribution in [-0.2, 0) is 15.7 Å². The minimum absolute atomic E-state index is 0.0844. The van der Waals surface area contributed by atoms with E-state index in [1.54, 1.807) is 12.3 Å². The van der Waals surface area contributed by atoms with Crippen LogP contribution in [0.4, 0.5) is 13.2 Å². The predicted molar refractivity (Wildman–Crippen MR) is 109 cm³/mol. The van der Waals surface area contributed by atoms with E-state index in [2.05, 4.69) is 19.0 Å². The zero-order valence-corrected chi connectivity index (χ0v) is 20.1. The second-order valence-electron chi connectivity index (χ2n) is 7.77. The average Bonchev–Trinajstić information content (AvgIpc) is 2.76. The monoisotopic (exact) mass is 562 g/mol. The summed E-state index contributed by atoms with van der Waals surface area (Å²) in [5.74, 6) is 0.776. The molecule has 0 saturated carbocycles. The van der Waals surface area contributed by atoms with Crippen LogP contribution in [0.1, 0.15) is 24.5 Å². The molecule has 5 rings (SSSR count). The summed E-state index contributed by atoms with van der Waals surface area (Å²) < 4.78 is 71.0. The molecule has 6 nitrogen and oxygen atoms in total. The van der Waals surface area contributed by atoms with E-state index in [-0.39, 0.29) is 6.04 Å². The van der Waals surface area contributed by atoms with Gasteiger partial charge in [-0.3, -0.25) is 0 Å². The van der Waals surface area contributed by atoms with Crippen LogP contribution in [0.25, 0.3) is 10.9 Å². The van der Waals surface area contributed by atoms with Crippen molar-refractivity contribution in [3.05, 3.63) is 54.7 Å². The number of halogens is 3. The van der Waals surface area contributed by atoms with Crippen LogP contribution in [0.3, 0.4) is 0 Å². The molecule has 0 amide bonds. The van der Waals surface area contributed by atoms with Crippen LogP contribution in [-0.4, -0.2) is 64.9 Å². The van der Waals surface area contributed by atoms with E-state index >= 15 is 0 Å². The van der Waals surface area contributed by atoms with Gasteiger partial charge in [-0.2, -0.15) is 0 Å². The van der Waals surface area contributed by atoms with E-state index in [1.807, 2.05) is 30.3 Å². The molecule has 2 aromatic rings. The summed E-state index contributed by atoms with van der Waals surface area (Å²) >= 11 is -2.81. The Bertz CT molecular complexity index is 1060. The number of alkyl halides is 3. The zero-order valence-electron chi connectivity index (χ0n) is 16.5. The normalized spacial score (nSPS) is 27.3. The second-order valence-corrected chi connectivity index (χ2v) is 11.9. The van der Waals surface area contributed by atoms with Crippen molar-refractivity contribution in [3.8, 4) is 0 Å². The first-order valence-corrected chi connectivity index (χ1v) is 13.6. The third-order valence-corrected chi connectivity index (χ3v) is 10.4. The maximum atomic E-state index is 12.7. The number of piperidine rings is 3. The van der Waals surface area contributed by atoms with Crippen molar-refractivity contribution in [1.82, 2.24) is 9.88 Å². The Kier molecular flexibility index (Phi) is 6.64. The summed E-state index contributed by atoms with van der Waals surface area (Å²) in [6.07, 6.45) is 4.81. The van der Waals surface area contributed by atoms with Crippen molar-refractivity contribution in [2.24, 2.45) is 11.8 Å². The molecule has 4 heterocycles. The first-order chi connectivity index (χ1) is 14.7. The van der Waals surface area contributed by atoms with Gasteiger partial charge in [-0.15, -0.1) is 0 Å². The Morgan fingerprint density at radius 2 is 2.06 bits per heavy atom. The fraction of sp³-hybridized carbons (Fsp3) is 0.450. The average molecular weight is 561 g/mol. The summed E-state index contributed by atoms with van der Waals surface area (Å²) in [5, 5.41) is 0.830. The Labute approximate surface area is 189 Å². The van der Waals surface area contributed by atoms with Crippen LogP contribution < -0.4 is 0 Å². The third-order valence-electron chi connectivity index (χ3n) is 6.09. The summed E-state index contributed by atoms with van der Waals surface area (Å²) in [6.45, 7) is 5.58. The Morgan fingerprint density at radius 1 is 1.29 bits per heavy atom. The zero-order chi connectivity index (χ0) is 22.2. The van der Waals surface area contributed by atoms with Crippen LogP contribution in [0.2, 0.25) is 0 Å². The van der Waals surface area contributed by atoms with Gasteiger partial charge >= 0.3 is 190 Å². The standard InChI is InChI=1S/C19H21N2O.CHF3O3S.Sn/c1-2-13-12-21-10-8-14(13)11-18(21)19(22)16-7-9-20-17-6-4-3-5-15(16)17;2-1(3,4)8(5,6)7;/h2-7,9,13-14,18-19H,1,8,10-12H2;(H,5,6,7);/q-1;;+2/p-1/t13-,14-,18+,19-;;/m0../s1. The Morgan fingerprint density at radius 3 is 2.74 bits per heavy atom. The molecule has 2 bridgehead atoms. The van der Waals surface area contributed by atoms with Crippen LogP contribution in [0.5, 0.6) is 0 Å². The third kappa shape index (κ3) is 4.63. The van der Waals surface area contributed by atoms with Crippen molar-refractivity contribution in [2.45, 2.75) is 30.5 Å². The summed E-state index contributed by atoms with van der Waals surface area (Å²) in [4.78, 5) is 6.62. The number of benzene rings is 1. The van der Waals surface area contributed by atoms with Crippen LogP contribution in [0, 0.1) is 11.8 Å². The van der Waals surface area contributed by atoms with Crippen LogP contribution in [0.15, 0.2) is 49.2 Å². The molecular weight excluding hydrogens is 540 g/mol. The molecular formula is C20H21F3N2O4SSn. The predicted octanol–water partition coefficient (Wildman–Crippen LogP) is 3.59. The molecule has 0 aliphatic carbocycles. The number of hydrogen-bond acceptors (Lipinski definition) is 6. The first-order valence-electron chi connectivity index (χ1n) is 9.82. The fourth-order valence-electron chi connectivity index (χ4n) is 4.57. The quantitative estimate of drug-likeness (QED) is 0.293. The molecule has 1 aromatic carbocycles. The molecule has 166 valence electrons. The SMILES string of the molecule is C=C[C@H]1CN2CC[C@H]1C[C@@H]2[C@@H]([O][Sn][O]S(=O)(=O)C(F)(F)F)c1ccnc2ccccc12. The summed E-state index contributed by atoms with van der Waals surface area (Å²) in [7, 11) is -5.66. The number of pyridine rings is 1. The molecule has 11 heteroatoms. The van der Waals surface area contributed by atoms with Gasteiger partial charge in [-0.25, -0.2) is 0 Å². The Hall–Kier alpha value is -1.21. The molecule has 0 N–H and O–H groups in total. The van der Waals surface area contributed by atoms with Crippen LogP contribution >= 0.6 is 0 Å². The first kappa shape index (κ1) is 23.0. The van der Waals surface area contributed by atoms with Gasteiger partial charge in [0.2, 0.25) is 0 Å².